The van der Waals surface area contributed by atoms with Gasteiger partial charge >= 0.3 is 0 Å². The van der Waals surface area contributed by atoms with Crippen molar-refractivity contribution in [2.75, 3.05) is 20.3 Å². The average molecular weight is 294 g/mol. The summed E-state index contributed by atoms with van der Waals surface area (Å²) in [7, 11) is 1.68. The Labute approximate surface area is 128 Å². The van der Waals surface area contributed by atoms with E-state index in [-0.39, 0.29) is 11.5 Å². The van der Waals surface area contributed by atoms with Crippen molar-refractivity contribution in [2.45, 2.75) is 39.2 Å². The second kappa shape index (κ2) is 7.60. The summed E-state index contributed by atoms with van der Waals surface area (Å²) in [4.78, 5) is 0. The summed E-state index contributed by atoms with van der Waals surface area (Å²) in [5.74, 6) is 0. The number of methoxy groups -OCH3 is 1. The first-order valence-corrected chi connectivity index (χ1v) is 7.39. The number of hydrogen-bond acceptors (Lipinski definition) is 2. The van der Waals surface area contributed by atoms with Gasteiger partial charge in [0, 0.05) is 13.7 Å². The number of thiocarbonyl (C=S) groups is 1. The van der Waals surface area contributed by atoms with Crippen LogP contribution in [0.5, 0.6) is 0 Å². The average Bonchev–Trinajstić information content (AvgIpc) is 2.38. The van der Waals surface area contributed by atoms with Crippen LogP contribution in [0.2, 0.25) is 0 Å². The van der Waals surface area contributed by atoms with E-state index in [1.165, 1.54) is 11.1 Å². The van der Waals surface area contributed by atoms with Gasteiger partial charge in [0.2, 0.25) is 0 Å². The van der Waals surface area contributed by atoms with Crippen LogP contribution in [0.3, 0.4) is 0 Å². The zero-order valence-electron chi connectivity index (χ0n) is 13.1. The molecule has 4 heteroatoms. The van der Waals surface area contributed by atoms with Crippen LogP contribution in [0.15, 0.2) is 24.3 Å². The molecule has 0 amide bonds. The van der Waals surface area contributed by atoms with E-state index in [2.05, 4.69) is 62.6 Å². The van der Waals surface area contributed by atoms with Crippen LogP contribution < -0.4 is 10.6 Å². The Morgan fingerprint density at radius 3 is 2.35 bits per heavy atom. The van der Waals surface area contributed by atoms with Crippen LogP contribution in [0.1, 0.15) is 44.9 Å². The molecule has 1 unspecified atom stereocenters. The van der Waals surface area contributed by atoms with Crippen LogP contribution in [0.25, 0.3) is 0 Å². The minimum atomic E-state index is 0.187. The van der Waals surface area contributed by atoms with Gasteiger partial charge in [-0.1, -0.05) is 45.0 Å². The lowest BCUT2D eigenvalue weighted by atomic mass is 9.86. The van der Waals surface area contributed by atoms with E-state index in [4.69, 9.17) is 17.0 Å². The topological polar surface area (TPSA) is 33.3 Å². The number of rotatable bonds is 5. The quantitative estimate of drug-likeness (QED) is 0.645. The minimum absolute atomic E-state index is 0.187. The third-order valence-electron chi connectivity index (χ3n) is 3.22. The summed E-state index contributed by atoms with van der Waals surface area (Å²) >= 11 is 5.25. The van der Waals surface area contributed by atoms with Gasteiger partial charge in [0.25, 0.3) is 0 Å². The van der Waals surface area contributed by atoms with E-state index in [1.807, 2.05) is 0 Å². The van der Waals surface area contributed by atoms with Crippen LogP contribution >= 0.6 is 12.2 Å². The molecule has 0 fully saturated rings. The highest BCUT2D eigenvalue weighted by molar-refractivity contribution is 7.80. The standard InChI is InChI=1S/C16H26N2OS/c1-12(18-15(20)17-10-11-19-5)13-6-8-14(9-7-13)16(2,3)4/h6-9,12H,10-11H2,1-5H3,(H2,17,18,20). The summed E-state index contributed by atoms with van der Waals surface area (Å²) in [5.41, 5.74) is 2.76. The van der Waals surface area contributed by atoms with Gasteiger partial charge in [-0.05, 0) is 35.7 Å². The Morgan fingerprint density at radius 1 is 1.25 bits per heavy atom. The van der Waals surface area contributed by atoms with Crippen molar-refractivity contribution in [1.82, 2.24) is 10.6 Å². The Balaban J connectivity index is 2.55. The molecule has 1 rings (SSSR count). The molecule has 0 aliphatic carbocycles. The Bertz CT molecular complexity index is 423. The largest absolute Gasteiger partial charge is 0.383 e. The first-order chi connectivity index (χ1) is 9.34. The zero-order chi connectivity index (χ0) is 15.2. The number of nitrogens with one attached hydrogen (secondary N) is 2. The van der Waals surface area contributed by atoms with Crippen molar-refractivity contribution in [3.8, 4) is 0 Å². The summed E-state index contributed by atoms with van der Waals surface area (Å²) < 4.78 is 4.98. The normalized spacial score (nSPS) is 12.8. The predicted octanol–water partition coefficient (Wildman–Crippen LogP) is 3.16. The molecule has 1 aromatic rings. The molecule has 2 N–H and O–H groups in total. The lowest BCUT2D eigenvalue weighted by molar-refractivity contribution is 0.204. The molecule has 0 aromatic heterocycles. The molecule has 0 heterocycles. The van der Waals surface area contributed by atoms with Gasteiger partial charge in [0.1, 0.15) is 0 Å². The molecule has 0 spiro atoms. The Kier molecular flexibility index (Phi) is 6.43. The molecule has 3 nitrogen and oxygen atoms in total. The van der Waals surface area contributed by atoms with Gasteiger partial charge in [0.05, 0.1) is 12.6 Å². The first-order valence-electron chi connectivity index (χ1n) is 6.98. The van der Waals surface area contributed by atoms with Crippen molar-refractivity contribution < 1.29 is 4.74 Å². The second-order valence-corrected chi connectivity index (χ2v) is 6.39. The van der Waals surface area contributed by atoms with Gasteiger partial charge in [0.15, 0.2) is 5.11 Å². The van der Waals surface area contributed by atoms with Crippen LogP contribution in [-0.4, -0.2) is 25.4 Å². The van der Waals surface area contributed by atoms with E-state index in [9.17, 15) is 0 Å². The fraction of sp³-hybridized carbons (Fsp3) is 0.562. The number of benzene rings is 1. The van der Waals surface area contributed by atoms with Crippen molar-refractivity contribution in [2.24, 2.45) is 0 Å². The van der Waals surface area contributed by atoms with E-state index in [1.54, 1.807) is 7.11 Å². The number of hydrogen-bond donors (Lipinski definition) is 2. The molecular formula is C16H26N2OS. The first kappa shape index (κ1) is 16.9. The fourth-order valence-electron chi connectivity index (χ4n) is 1.87. The van der Waals surface area contributed by atoms with Crippen molar-refractivity contribution in [3.05, 3.63) is 35.4 Å². The third-order valence-corrected chi connectivity index (χ3v) is 3.48. The Hall–Kier alpha value is -1.13. The summed E-state index contributed by atoms with van der Waals surface area (Å²) in [6.45, 7) is 10.1. The maximum absolute atomic E-state index is 5.25. The fourth-order valence-corrected chi connectivity index (χ4v) is 2.15. The van der Waals surface area contributed by atoms with Crippen LogP contribution in [-0.2, 0) is 10.2 Å². The summed E-state index contributed by atoms with van der Waals surface area (Å²) in [5, 5.41) is 7.05. The van der Waals surface area contributed by atoms with Gasteiger partial charge in [-0.25, -0.2) is 0 Å². The highest BCUT2D eigenvalue weighted by Crippen LogP contribution is 2.23. The van der Waals surface area contributed by atoms with Gasteiger partial charge < -0.3 is 15.4 Å². The van der Waals surface area contributed by atoms with Crippen molar-refractivity contribution in [1.29, 1.82) is 0 Å². The Morgan fingerprint density at radius 2 is 1.85 bits per heavy atom. The third kappa shape index (κ3) is 5.47. The van der Waals surface area contributed by atoms with Crippen LogP contribution in [0, 0.1) is 0 Å². The smallest absolute Gasteiger partial charge is 0.166 e. The van der Waals surface area contributed by atoms with Gasteiger partial charge in [-0.2, -0.15) is 0 Å². The lowest BCUT2D eigenvalue weighted by Crippen LogP contribution is -2.38. The SMILES string of the molecule is COCCNC(=S)NC(C)c1ccc(C(C)(C)C)cc1. The van der Waals surface area contributed by atoms with Gasteiger partial charge in [-0.3, -0.25) is 0 Å². The van der Waals surface area contributed by atoms with E-state index >= 15 is 0 Å². The molecular weight excluding hydrogens is 268 g/mol. The van der Waals surface area contributed by atoms with Crippen molar-refractivity contribution in [3.63, 3.8) is 0 Å². The van der Waals surface area contributed by atoms with Crippen molar-refractivity contribution >= 4 is 17.3 Å². The summed E-state index contributed by atoms with van der Waals surface area (Å²) in [6.07, 6.45) is 0. The maximum Gasteiger partial charge on any atom is 0.166 e. The van der Waals surface area contributed by atoms with Gasteiger partial charge in [-0.15, -0.1) is 0 Å². The van der Waals surface area contributed by atoms with E-state index in [0.717, 1.165) is 6.54 Å². The zero-order valence-corrected chi connectivity index (χ0v) is 13.9. The van der Waals surface area contributed by atoms with Crippen LogP contribution in [0.4, 0.5) is 0 Å². The highest BCUT2D eigenvalue weighted by Gasteiger charge is 2.14. The maximum atomic E-state index is 5.25. The molecule has 0 saturated carbocycles. The molecule has 0 radical (unpaired) electrons. The summed E-state index contributed by atoms with van der Waals surface area (Å²) in [6, 6.07) is 8.89. The monoisotopic (exact) mass is 294 g/mol. The van der Waals surface area contributed by atoms with E-state index in [0.29, 0.717) is 11.7 Å². The lowest BCUT2D eigenvalue weighted by Gasteiger charge is -2.21. The second-order valence-electron chi connectivity index (χ2n) is 5.99. The number of ether oxygens (including phenoxy) is 1. The molecule has 0 bridgehead atoms. The molecule has 1 atom stereocenters. The highest BCUT2D eigenvalue weighted by atomic mass is 32.1. The molecule has 0 aliphatic rings. The molecule has 0 aliphatic heterocycles. The molecule has 20 heavy (non-hydrogen) atoms. The van der Waals surface area contributed by atoms with E-state index < -0.39 is 0 Å². The molecule has 1 aromatic carbocycles. The minimum Gasteiger partial charge on any atom is -0.383 e. The molecule has 112 valence electrons. The molecule has 0 saturated heterocycles. The predicted molar refractivity (Wildman–Crippen MR) is 89.2 cm³/mol.